The highest BCUT2D eigenvalue weighted by molar-refractivity contribution is 6.20. The summed E-state index contributed by atoms with van der Waals surface area (Å²) >= 11 is 6.41. The first-order valence-electron chi connectivity index (χ1n) is 6.67. The lowest BCUT2D eigenvalue weighted by Crippen LogP contribution is -2.31. The summed E-state index contributed by atoms with van der Waals surface area (Å²) in [5, 5.41) is 0.0955. The number of aryl methyl sites for hydroxylation is 1. The molecule has 2 nitrogen and oxygen atoms in total. The van der Waals surface area contributed by atoms with Gasteiger partial charge in [0.1, 0.15) is 0 Å². The van der Waals surface area contributed by atoms with Crippen LogP contribution < -0.4 is 4.90 Å². The van der Waals surface area contributed by atoms with E-state index in [0.717, 1.165) is 24.9 Å². The third-order valence-electron chi connectivity index (χ3n) is 3.62. The number of hydrogen-bond donors (Lipinski definition) is 0. The van der Waals surface area contributed by atoms with Gasteiger partial charge in [0.25, 0.3) is 0 Å². The normalized spacial score (nSPS) is 16.6. The molecule has 0 N–H and O–H groups in total. The molecule has 1 aliphatic heterocycles. The average Bonchev–Trinajstić information content (AvgIpc) is 2.40. The van der Waals surface area contributed by atoms with Gasteiger partial charge in [-0.25, -0.2) is 0 Å². The second-order valence-electron chi connectivity index (χ2n) is 4.95. The van der Waals surface area contributed by atoms with E-state index in [1.165, 1.54) is 17.5 Å². The van der Waals surface area contributed by atoms with E-state index in [4.69, 9.17) is 11.6 Å². The Morgan fingerprint density at radius 2 is 2.17 bits per heavy atom. The van der Waals surface area contributed by atoms with Crippen LogP contribution in [0.4, 0.5) is 5.69 Å². The van der Waals surface area contributed by atoms with Crippen LogP contribution in [0.1, 0.15) is 49.1 Å². The monoisotopic (exact) mass is 265 g/mol. The predicted octanol–water partition coefficient (Wildman–Crippen LogP) is 4.07. The first kappa shape index (κ1) is 13.4. The molecule has 0 radical (unpaired) electrons. The van der Waals surface area contributed by atoms with Crippen LogP contribution in [0.5, 0.6) is 0 Å². The first-order valence-corrected chi connectivity index (χ1v) is 7.10. The number of amides is 1. The van der Waals surface area contributed by atoms with Crippen molar-refractivity contribution in [1.82, 2.24) is 0 Å². The molecule has 0 saturated carbocycles. The highest BCUT2D eigenvalue weighted by atomic mass is 35.5. The Bertz CT molecular complexity index is 444. The molecule has 0 spiro atoms. The number of unbranched alkanes of at least 4 members (excludes halogenated alkanes) is 1. The Hall–Kier alpha value is -1.02. The fraction of sp³-hybridized carbons (Fsp3) is 0.533. The third kappa shape index (κ3) is 2.69. The van der Waals surface area contributed by atoms with Gasteiger partial charge >= 0.3 is 0 Å². The van der Waals surface area contributed by atoms with Crippen LogP contribution in [0, 0.1) is 0 Å². The number of carbonyl (C=O) groups excluding carboxylic acids is 1. The van der Waals surface area contributed by atoms with Gasteiger partial charge in [-0.15, -0.1) is 11.6 Å². The molecule has 1 aromatic rings. The van der Waals surface area contributed by atoms with E-state index in [9.17, 15) is 4.79 Å². The number of halogens is 1. The lowest BCUT2D eigenvalue weighted by Gasteiger charge is -2.26. The second-order valence-corrected chi connectivity index (χ2v) is 5.48. The van der Waals surface area contributed by atoms with Gasteiger partial charge in [-0.2, -0.15) is 0 Å². The molecule has 1 amide bonds. The SMILES string of the molecule is CCCCC(Cl)c1ccc2c(c1)CCC(=O)N2C. The van der Waals surface area contributed by atoms with Crippen molar-refractivity contribution in [2.45, 2.75) is 44.4 Å². The van der Waals surface area contributed by atoms with E-state index in [2.05, 4.69) is 19.1 Å². The quantitative estimate of drug-likeness (QED) is 0.752. The minimum Gasteiger partial charge on any atom is -0.315 e. The molecule has 0 aromatic heterocycles. The maximum atomic E-state index is 11.6. The van der Waals surface area contributed by atoms with Crippen molar-refractivity contribution in [2.75, 3.05) is 11.9 Å². The fourth-order valence-corrected chi connectivity index (χ4v) is 2.71. The number of anilines is 1. The van der Waals surface area contributed by atoms with Crippen LogP contribution >= 0.6 is 11.6 Å². The Morgan fingerprint density at radius 1 is 1.39 bits per heavy atom. The number of alkyl halides is 1. The number of benzene rings is 1. The summed E-state index contributed by atoms with van der Waals surface area (Å²) < 4.78 is 0. The van der Waals surface area contributed by atoms with Crippen molar-refractivity contribution in [3.05, 3.63) is 29.3 Å². The molecular weight excluding hydrogens is 246 g/mol. The number of nitrogens with zero attached hydrogens (tertiary/aromatic N) is 1. The molecule has 98 valence electrons. The fourth-order valence-electron chi connectivity index (χ4n) is 2.42. The van der Waals surface area contributed by atoms with E-state index in [0.29, 0.717) is 6.42 Å². The van der Waals surface area contributed by atoms with E-state index in [1.54, 1.807) is 4.90 Å². The maximum Gasteiger partial charge on any atom is 0.227 e. The molecule has 1 heterocycles. The van der Waals surface area contributed by atoms with Crippen LogP contribution in [0.15, 0.2) is 18.2 Å². The van der Waals surface area contributed by atoms with Gasteiger partial charge in [0.15, 0.2) is 0 Å². The van der Waals surface area contributed by atoms with Gasteiger partial charge in [-0.3, -0.25) is 4.79 Å². The summed E-state index contributed by atoms with van der Waals surface area (Å²) in [5.41, 5.74) is 3.47. The van der Waals surface area contributed by atoms with Gasteiger partial charge in [0, 0.05) is 19.2 Å². The lowest BCUT2D eigenvalue weighted by molar-refractivity contribution is -0.118. The molecule has 1 unspecified atom stereocenters. The summed E-state index contributed by atoms with van der Waals surface area (Å²) in [4.78, 5) is 13.4. The molecule has 0 fully saturated rings. The predicted molar refractivity (Wildman–Crippen MR) is 76.3 cm³/mol. The minimum atomic E-state index is 0.0955. The van der Waals surface area contributed by atoms with E-state index < -0.39 is 0 Å². The van der Waals surface area contributed by atoms with E-state index in [1.807, 2.05) is 13.1 Å². The summed E-state index contributed by atoms with van der Waals surface area (Å²) in [5.74, 6) is 0.198. The highest BCUT2D eigenvalue weighted by Crippen LogP contribution is 2.33. The van der Waals surface area contributed by atoms with Crippen molar-refractivity contribution in [2.24, 2.45) is 0 Å². The van der Waals surface area contributed by atoms with Gasteiger partial charge in [0.05, 0.1) is 5.38 Å². The van der Waals surface area contributed by atoms with Crippen molar-refractivity contribution in [3.63, 3.8) is 0 Å². The van der Waals surface area contributed by atoms with Gasteiger partial charge in [0.2, 0.25) is 5.91 Å². The van der Waals surface area contributed by atoms with Crippen molar-refractivity contribution < 1.29 is 4.79 Å². The van der Waals surface area contributed by atoms with Crippen LogP contribution in [0.25, 0.3) is 0 Å². The van der Waals surface area contributed by atoms with E-state index in [-0.39, 0.29) is 11.3 Å². The number of fused-ring (bicyclic) bond motifs is 1. The van der Waals surface area contributed by atoms with Gasteiger partial charge in [-0.1, -0.05) is 31.9 Å². The Morgan fingerprint density at radius 3 is 2.89 bits per heavy atom. The van der Waals surface area contributed by atoms with E-state index >= 15 is 0 Å². The lowest BCUT2D eigenvalue weighted by atomic mass is 9.97. The molecule has 3 heteroatoms. The number of rotatable bonds is 4. The molecule has 0 saturated heterocycles. The molecule has 0 bridgehead atoms. The molecule has 1 atom stereocenters. The van der Waals surface area contributed by atoms with Crippen LogP contribution in [-0.4, -0.2) is 13.0 Å². The van der Waals surface area contributed by atoms with Crippen molar-refractivity contribution in [3.8, 4) is 0 Å². The number of carbonyl (C=O) groups is 1. The Kier molecular flexibility index (Phi) is 4.28. The zero-order valence-corrected chi connectivity index (χ0v) is 11.8. The summed E-state index contributed by atoms with van der Waals surface area (Å²) in [7, 11) is 1.84. The molecule has 2 rings (SSSR count). The Labute approximate surface area is 114 Å². The maximum absolute atomic E-state index is 11.6. The molecule has 0 aliphatic carbocycles. The zero-order chi connectivity index (χ0) is 13.1. The summed E-state index contributed by atoms with van der Waals surface area (Å²) in [6.07, 6.45) is 4.79. The largest absolute Gasteiger partial charge is 0.315 e. The van der Waals surface area contributed by atoms with Crippen molar-refractivity contribution >= 4 is 23.2 Å². The zero-order valence-electron chi connectivity index (χ0n) is 11.1. The molecule has 1 aromatic carbocycles. The van der Waals surface area contributed by atoms with Gasteiger partial charge in [-0.05, 0) is 30.0 Å². The third-order valence-corrected chi connectivity index (χ3v) is 4.09. The standard InChI is InChI=1S/C15H20ClNO/c1-3-4-5-13(16)11-6-8-14-12(10-11)7-9-15(18)17(14)2/h6,8,10,13H,3-5,7,9H2,1-2H3. The van der Waals surface area contributed by atoms with Crippen LogP contribution in [0.3, 0.4) is 0 Å². The molecule has 1 aliphatic rings. The Balaban J connectivity index is 2.20. The molecule has 18 heavy (non-hydrogen) atoms. The molecular formula is C15H20ClNO. The second kappa shape index (κ2) is 5.75. The highest BCUT2D eigenvalue weighted by Gasteiger charge is 2.21. The summed E-state index contributed by atoms with van der Waals surface area (Å²) in [6.45, 7) is 2.18. The topological polar surface area (TPSA) is 20.3 Å². The van der Waals surface area contributed by atoms with Crippen molar-refractivity contribution in [1.29, 1.82) is 0 Å². The first-order chi connectivity index (χ1) is 8.63. The van der Waals surface area contributed by atoms with Gasteiger partial charge < -0.3 is 4.90 Å². The smallest absolute Gasteiger partial charge is 0.227 e. The minimum absolute atomic E-state index is 0.0955. The summed E-state index contributed by atoms with van der Waals surface area (Å²) in [6, 6.07) is 6.26. The van der Waals surface area contributed by atoms with Crippen LogP contribution in [-0.2, 0) is 11.2 Å². The number of hydrogen-bond acceptors (Lipinski definition) is 1. The van der Waals surface area contributed by atoms with Crippen LogP contribution in [0.2, 0.25) is 0 Å². The average molecular weight is 266 g/mol.